The molecule has 0 aliphatic rings. The molecule has 102 valence electrons. The molecule has 3 rings (SSSR count). The molecule has 0 aliphatic carbocycles. The fourth-order valence-electron chi connectivity index (χ4n) is 2.38. The van der Waals surface area contributed by atoms with Gasteiger partial charge in [0.25, 0.3) is 0 Å². The molecule has 0 saturated carbocycles. The van der Waals surface area contributed by atoms with Gasteiger partial charge in [0.1, 0.15) is 0 Å². The van der Waals surface area contributed by atoms with Crippen LogP contribution in [0.1, 0.15) is 16.8 Å². The van der Waals surface area contributed by atoms with Gasteiger partial charge in [0.15, 0.2) is 0 Å². The van der Waals surface area contributed by atoms with Crippen molar-refractivity contribution in [1.82, 2.24) is 9.78 Å². The second-order valence-corrected chi connectivity index (χ2v) is 5.84. The third-order valence-corrected chi connectivity index (χ3v) is 4.01. The fourth-order valence-corrected chi connectivity index (χ4v) is 2.85. The molecule has 2 nitrogen and oxygen atoms in total. The van der Waals surface area contributed by atoms with Gasteiger partial charge in [-0.1, -0.05) is 41.4 Å². The van der Waals surface area contributed by atoms with Crippen LogP contribution in [0.4, 0.5) is 0 Å². The number of aryl methyl sites for hydroxylation is 2. The molecule has 3 aromatic rings. The minimum atomic E-state index is 0.643. The van der Waals surface area contributed by atoms with E-state index < -0.39 is 0 Å². The van der Waals surface area contributed by atoms with E-state index in [1.807, 2.05) is 23.7 Å². The topological polar surface area (TPSA) is 17.8 Å². The zero-order valence-electron chi connectivity index (χ0n) is 11.3. The molecule has 0 spiro atoms. The number of halogens is 2. The molecule has 0 radical (unpaired) electrons. The van der Waals surface area contributed by atoms with Crippen LogP contribution < -0.4 is 0 Å². The van der Waals surface area contributed by atoms with Gasteiger partial charge in [-0.25, -0.2) is 0 Å². The molecule has 0 bridgehead atoms. The van der Waals surface area contributed by atoms with Crippen molar-refractivity contribution in [3.8, 4) is 0 Å². The van der Waals surface area contributed by atoms with Crippen molar-refractivity contribution < 1.29 is 0 Å². The number of fused-ring (bicyclic) bond motifs is 1. The summed E-state index contributed by atoms with van der Waals surface area (Å²) in [6.45, 7) is 4.75. The van der Waals surface area contributed by atoms with E-state index in [1.54, 1.807) is 6.07 Å². The smallest absolute Gasteiger partial charge is 0.0691 e. The van der Waals surface area contributed by atoms with Gasteiger partial charge >= 0.3 is 0 Å². The Morgan fingerprint density at radius 1 is 1.05 bits per heavy atom. The highest BCUT2D eigenvalue weighted by Crippen LogP contribution is 2.24. The first-order valence-corrected chi connectivity index (χ1v) is 7.18. The van der Waals surface area contributed by atoms with Crippen LogP contribution in [0.3, 0.4) is 0 Å². The maximum atomic E-state index is 6.24. The van der Waals surface area contributed by atoms with Crippen LogP contribution in [0.25, 0.3) is 10.9 Å². The van der Waals surface area contributed by atoms with E-state index in [0.717, 1.165) is 16.8 Å². The van der Waals surface area contributed by atoms with E-state index in [0.29, 0.717) is 16.6 Å². The Labute approximate surface area is 127 Å². The number of nitrogens with zero attached hydrogens (tertiary/aromatic N) is 2. The molecule has 1 aromatic heterocycles. The van der Waals surface area contributed by atoms with Gasteiger partial charge in [-0.3, -0.25) is 4.68 Å². The Bertz CT molecular complexity index is 791. The van der Waals surface area contributed by atoms with Crippen LogP contribution in [0.2, 0.25) is 10.0 Å². The number of benzene rings is 2. The lowest BCUT2D eigenvalue weighted by molar-refractivity contribution is 0.703. The Kier molecular flexibility index (Phi) is 3.45. The number of hydrogen-bond donors (Lipinski definition) is 0. The van der Waals surface area contributed by atoms with Crippen LogP contribution in [-0.2, 0) is 6.54 Å². The summed E-state index contributed by atoms with van der Waals surface area (Å²) in [7, 11) is 0. The summed E-state index contributed by atoms with van der Waals surface area (Å²) < 4.78 is 1.99. The SMILES string of the molecule is Cc1ccc2c(C)nn(Cc3ccc(Cl)cc3Cl)c2c1. The van der Waals surface area contributed by atoms with Crippen molar-refractivity contribution in [2.45, 2.75) is 20.4 Å². The van der Waals surface area contributed by atoms with Crippen molar-refractivity contribution in [3.63, 3.8) is 0 Å². The minimum absolute atomic E-state index is 0.643. The third-order valence-electron chi connectivity index (χ3n) is 3.43. The lowest BCUT2D eigenvalue weighted by Crippen LogP contribution is -2.02. The monoisotopic (exact) mass is 304 g/mol. The van der Waals surface area contributed by atoms with Gasteiger partial charge in [-0.15, -0.1) is 0 Å². The quantitative estimate of drug-likeness (QED) is 0.651. The highest BCUT2D eigenvalue weighted by Gasteiger charge is 2.09. The van der Waals surface area contributed by atoms with Crippen molar-refractivity contribution in [3.05, 3.63) is 63.3 Å². The molecule has 1 heterocycles. The van der Waals surface area contributed by atoms with Crippen LogP contribution in [0.5, 0.6) is 0 Å². The van der Waals surface area contributed by atoms with Crippen LogP contribution >= 0.6 is 23.2 Å². The molecule has 20 heavy (non-hydrogen) atoms. The van der Waals surface area contributed by atoms with Gasteiger partial charge in [0.2, 0.25) is 0 Å². The lowest BCUT2D eigenvalue weighted by Gasteiger charge is -2.07. The van der Waals surface area contributed by atoms with Crippen LogP contribution in [-0.4, -0.2) is 9.78 Å². The van der Waals surface area contributed by atoms with E-state index in [1.165, 1.54) is 10.9 Å². The summed E-state index contributed by atoms with van der Waals surface area (Å²) in [6, 6.07) is 11.9. The van der Waals surface area contributed by atoms with Gasteiger partial charge in [-0.05, 0) is 43.2 Å². The van der Waals surface area contributed by atoms with Crippen LogP contribution in [0, 0.1) is 13.8 Å². The van der Waals surface area contributed by atoms with E-state index in [9.17, 15) is 0 Å². The summed E-state index contributed by atoms with van der Waals surface area (Å²) in [6.07, 6.45) is 0. The predicted octanol–water partition coefficient (Wildman–Crippen LogP) is 5.01. The lowest BCUT2D eigenvalue weighted by atomic mass is 10.1. The molecule has 0 fully saturated rings. The Balaban J connectivity index is 2.08. The van der Waals surface area contributed by atoms with Gasteiger partial charge in [0, 0.05) is 15.4 Å². The fraction of sp³-hybridized carbons (Fsp3) is 0.188. The second-order valence-electron chi connectivity index (χ2n) is 5.00. The summed E-state index contributed by atoms with van der Waals surface area (Å²) in [4.78, 5) is 0. The second kappa shape index (κ2) is 5.12. The normalized spacial score (nSPS) is 11.2. The summed E-state index contributed by atoms with van der Waals surface area (Å²) in [5.41, 5.74) is 4.40. The number of rotatable bonds is 2. The van der Waals surface area contributed by atoms with Crippen molar-refractivity contribution in [2.75, 3.05) is 0 Å². The Hall–Kier alpha value is -1.51. The van der Waals surface area contributed by atoms with Crippen LogP contribution in [0.15, 0.2) is 36.4 Å². The molecule has 0 unspecified atom stereocenters. The largest absolute Gasteiger partial charge is 0.260 e. The number of aromatic nitrogens is 2. The third kappa shape index (κ3) is 2.41. The Morgan fingerprint density at radius 3 is 2.60 bits per heavy atom. The molecule has 0 saturated heterocycles. The van der Waals surface area contributed by atoms with Gasteiger partial charge in [-0.2, -0.15) is 5.10 Å². The highest BCUT2D eigenvalue weighted by molar-refractivity contribution is 6.35. The molecule has 2 aromatic carbocycles. The van der Waals surface area contributed by atoms with Crippen molar-refractivity contribution in [1.29, 1.82) is 0 Å². The average molecular weight is 305 g/mol. The zero-order valence-corrected chi connectivity index (χ0v) is 12.8. The molecule has 0 atom stereocenters. The molecule has 0 aliphatic heterocycles. The predicted molar refractivity (Wildman–Crippen MR) is 84.8 cm³/mol. The Morgan fingerprint density at radius 2 is 1.85 bits per heavy atom. The van der Waals surface area contributed by atoms with Crippen molar-refractivity contribution >= 4 is 34.1 Å². The molecule has 0 amide bonds. The standard InChI is InChI=1S/C16H14Cl2N2/c1-10-3-6-14-11(2)19-20(16(14)7-10)9-12-4-5-13(17)8-15(12)18/h3-8H,9H2,1-2H3. The van der Waals surface area contributed by atoms with E-state index in [2.05, 4.69) is 30.2 Å². The van der Waals surface area contributed by atoms with Crippen molar-refractivity contribution in [2.24, 2.45) is 0 Å². The minimum Gasteiger partial charge on any atom is -0.260 e. The first-order chi connectivity index (χ1) is 9.54. The van der Waals surface area contributed by atoms with E-state index in [4.69, 9.17) is 23.2 Å². The molecule has 4 heteroatoms. The first kappa shape index (κ1) is 13.5. The molecular weight excluding hydrogens is 291 g/mol. The maximum absolute atomic E-state index is 6.24. The van der Waals surface area contributed by atoms with Gasteiger partial charge < -0.3 is 0 Å². The number of hydrogen-bond acceptors (Lipinski definition) is 1. The van der Waals surface area contributed by atoms with E-state index in [-0.39, 0.29) is 0 Å². The van der Waals surface area contributed by atoms with Gasteiger partial charge in [0.05, 0.1) is 17.8 Å². The molecule has 0 N–H and O–H groups in total. The summed E-state index contributed by atoms with van der Waals surface area (Å²) in [5.74, 6) is 0. The zero-order chi connectivity index (χ0) is 14.3. The average Bonchev–Trinajstić information content (AvgIpc) is 2.69. The van der Waals surface area contributed by atoms with E-state index >= 15 is 0 Å². The summed E-state index contributed by atoms with van der Waals surface area (Å²) in [5, 5.41) is 7.12. The summed E-state index contributed by atoms with van der Waals surface area (Å²) >= 11 is 12.2. The first-order valence-electron chi connectivity index (χ1n) is 6.42. The highest BCUT2D eigenvalue weighted by atomic mass is 35.5. The maximum Gasteiger partial charge on any atom is 0.0691 e. The molecular formula is C16H14Cl2N2.